The van der Waals surface area contributed by atoms with E-state index < -0.39 is 5.97 Å². The summed E-state index contributed by atoms with van der Waals surface area (Å²) < 4.78 is 9.87. The monoisotopic (exact) mass is 380 g/mol. The minimum absolute atomic E-state index is 0.126. The molecule has 2 N–H and O–H groups in total. The number of hydrogen-bond donors (Lipinski definition) is 2. The maximum atomic E-state index is 12.3. The van der Waals surface area contributed by atoms with Crippen molar-refractivity contribution in [1.82, 2.24) is 4.98 Å². The Hall–Kier alpha value is -3.61. The number of nitrogens with one attached hydrogen (secondary N) is 2. The zero-order valence-corrected chi connectivity index (χ0v) is 15.6. The third-order valence-corrected chi connectivity index (χ3v) is 4.32. The van der Waals surface area contributed by atoms with Gasteiger partial charge in [-0.15, -0.1) is 0 Å². The van der Waals surface area contributed by atoms with Crippen LogP contribution in [0.3, 0.4) is 0 Å². The van der Waals surface area contributed by atoms with E-state index in [0.717, 1.165) is 5.39 Å². The highest BCUT2D eigenvalue weighted by molar-refractivity contribution is 5.94. The number of aryl methyl sites for hydroxylation is 1. The van der Waals surface area contributed by atoms with Crippen LogP contribution in [0.15, 0.2) is 53.3 Å². The van der Waals surface area contributed by atoms with Crippen molar-refractivity contribution in [3.8, 4) is 5.75 Å². The van der Waals surface area contributed by atoms with E-state index in [1.807, 2.05) is 6.07 Å². The van der Waals surface area contributed by atoms with E-state index in [0.29, 0.717) is 28.1 Å². The van der Waals surface area contributed by atoms with Crippen LogP contribution in [0.4, 0.5) is 5.69 Å². The molecule has 0 bridgehead atoms. The minimum Gasteiger partial charge on any atom is -0.497 e. The van der Waals surface area contributed by atoms with Gasteiger partial charge in [-0.3, -0.25) is 9.59 Å². The maximum absolute atomic E-state index is 12.3. The van der Waals surface area contributed by atoms with Crippen LogP contribution in [0.1, 0.15) is 22.3 Å². The number of carbonyl (C=O) groups excluding carboxylic acids is 2. The van der Waals surface area contributed by atoms with E-state index in [4.69, 9.17) is 4.74 Å². The number of ether oxygens (including phenoxy) is 2. The molecule has 0 aliphatic rings. The molecule has 2 aromatic carbocycles. The summed E-state index contributed by atoms with van der Waals surface area (Å²) in [7, 11) is 2.87. The summed E-state index contributed by atoms with van der Waals surface area (Å²) in [5.74, 6) is -0.0462. The number of hydrogen-bond acceptors (Lipinski definition) is 5. The van der Waals surface area contributed by atoms with E-state index in [1.165, 1.54) is 7.11 Å². The van der Waals surface area contributed by atoms with Crippen LogP contribution in [0.5, 0.6) is 5.75 Å². The molecule has 0 radical (unpaired) electrons. The lowest BCUT2D eigenvalue weighted by Gasteiger charge is -2.08. The van der Waals surface area contributed by atoms with Gasteiger partial charge in [0.1, 0.15) is 5.75 Å². The lowest BCUT2D eigenvalue weighted by Crippen LogP contribution is -2.17. The average molecular weight is 380 g/mol. The van der Waals surface area contributed by atoms with Crippen molar-refractivity contribution < 1.29 is 19.1 Å². The van der Waals surface area contributed by atoms with Crippen molar-refractivity contribution in [3.05, 3.63) is 70.0 Å². The zero-order valence-electron chi connectivity index (χ0n) is 15.6. The first-order valence-corrected chi connectivity index (χ1v) is 8.68. The van der Waals surface area contributed by atoms with E-state index in [1.54, 1.807) is 49.6 Å². The van der Waals surface area contributed by atoms with Gasteiger partial charge < -0.3 is 19.8 Å². The Labute approximate surface area is 161 Å². The smallest absolute Gasteiger partial charge is 0.337 e. The molecule has 0 spiro atoms. The Morgan fingerprint density at radius 2 is 1.89 bits per heavy atom. The number of methoxy groups -OCH3 is 2. The van der Waals surface area contributed by atoms with Gasteiger partial charge in [0.15, 0.2) is 0 Å². The molecule has 7 heteroatoms. The molecule has 0 aliphatic carbocycles. The number of aromatic amines is 1. The third-order valence-electron chi connectivity index (χ3n) is 4.32. The molecule has 1 amide bonds. The van der Waals surface area contributed by atoms with Crippen LogP contribution < -0.4 is 15.6 Å². The highest BCUT2D eigenvalue weighted by Gasteiger charge is 2.10. The van der Waals surface area contributed by atoms with Gasteiger partial charge in [0.2, 0.25) is 5.91 Å². The Morgan fingerprint density at radius 3 is 2.64 bits per heavy atom. The molecule has 0 aliphatic heterocycles. The molecular formula is C21H20N2O5. The number of esters is 1. The molecule has 1 heterocycles. The van der Waals surface area contributed by atoms with E-state index >= 15 is 0 Å². The fraction of sp³-hybridized carbons (Fsp3) is 0.190. The summed E-state index contributed by atoms with van der Waals surface area (Å²) in [6, 6.07) is 13.6. The van der Waals surface area contributed by atoms with Gasteiger partial charge in [-0.2, -0.15) is 0 Å². The van der Waals surface area contributed by atoms with E-state index in [9.17, 15) is 14.4 Å². The molecule has 0 fully saturated rings. The number of carbonyl (C=O) groups is 2. The molecule has 0 atom stereocenters. The summed E-state index contributed by atoms with van der Waals surface area (Å²) >= 11 is 0. The number of fused-ring (bicyclic) bond motifs is 1. The van der Waals surface area contributed by atoms with Crippen molar-refractivity contribution in [1.29, 1.82) is 0 Å². The van der Waals surface area contributed by atoms with Crippen LogP contribution in [0, 0.1) is 0 Å². The average Bonchev–Trinajstić information content (AvgIpc) is 2.71. The highest BCUT2D eigenvalue weighted by atomic mass is 16.5. The number of amides is 1. The molecular weight excluding hydrogens is 360 g/mol. The van der Waals surface area contributed by atoms with Crippen LogP contribution in [0.2, 0.25) is 0 Å². The van der Waals surface area contributed by atoms with Gasteiger partial charge >= 0.3 is 5.97 Å². The Morgan fingerprint density at radius 1 is 1.07 bits per heavy atom. The Bertz CT molecular complexity index is 1090. The minimum atomic E-state index is -0.478. The van der Waals surface area contributed by atoms with Crippen LogP contribution in [0.25, 0.3) is 10.9 Å². The van der Waals surface area contributed by atoms with Crippen LogP contribution in [-0.4, -0.2) is 31.1 Å². The van der Waals surface area contributed by atoms with Gasteiger partial charge in [-0.1, -0.05) is 6.07 Å². The molecule has 0 saturated heterocycles. The maximum Gasteiger partial charge on any atom is 0.337 e. The summed E-state index contributed by atoms with van der Waals surface area (Å²) in [4.78, 5) is 38.9. The van der Waals surface area contributed by atoms with E-state index in [-0.39, 0.29) is 24.3 Å². The molecule has 7 nitrogen and oxygen atoms in total. The first-order valence-electron chi connectivity index (χ1n) is 8.68. The van der Waals surface area contributed by atoms with Gasteiger partial charge in [-0.25, -0.2) is 4.79 Å². The number of benzene rings is 2. The second-order valence-electron chi connectivity index (χ2n) is 6.20. The fourth-order valence-electron chi connectivity index (χ4n) is 2.86. The quantitative estimate of drug-likeness (QED) is 0.641. The third kappa shape index (κ3) is 4.37. The molecule has 144 valence electrons. The van der Waals surface area contributed by atoms with E-state index in [2.05, 4.69) is 15.0 Å². The van der Waals surface area contributed by atoms with Crippen molar-refractivity contribution in [2.45, 2.75) is 12.8 Å². The lowest BCUT2D eigenvalue weighted by atomic mass is 10.1. The van der Waals surface area contributed by atoms with Gasteiger partial charge in [-0.05, 0) is 48.9 Å². The summed E-state index contributed by atoms with van der Waals surface area (Å²) in [6.07, 6.45) is 0.409. The zero-order chi connectivity index (χ0) is 20.1. The summed E-state index contributed by atoms with van der Waals surface area (Å²) in [5, 5.41) is 3.56. The molecule has 28 heavy (non-hydrogen) atoms. The molecule has 1 aromatic heterocycles. The first kappa shape index (κ1) is 19.2. The fourth-order valence-corrected chi connectivity index (χ4v) is 2.86. The van der Waals surface area contributed by atoms with Gasteiger partial charge in [0.25, 0.3) is 5.56 Å². The van der Waals surface area contributed by atoms with Crippen molar-refractivity contribution in [3.63, 3.8) is 0 Å². The number of pyridine rings is 1. The van der Waals surface area contributed by atoms with Crippen molar-refractivity contribution >= 4 is 28.5 Å². The first-order chi connectivity index (χ1) is 13.5. The van der Waals surface area contributed by atoms with Crippen molar-refractivity contribution in [2.75, 3.05) is 19.5 Å². The van der Waals surface area contributed by atoms with Gasteiger partial charge in [0, 0.05) is 28.6 Å². The number of anilines is 1. The second kappa shape index (κ2) is 8.39. The predicted octanol–water partition coefficient (Wildman–Crippen LogP) is 2.89. The standard InChI is InChI=1S/C21H20N2O5/c1-27-17-7-8-18-15(12-17)10-13(20(25)23-18)6-9-19(24)22-16-5-3-4-14(11-16)21(26)28-2/h3-5,7-8,10-12H,6,9H2,1-2H3,(H,22,24)(H,23,25). The second-order valence-corrected chi connectivity index (χ2v) is 6.20. The lowest BCUT2D eigenvalue weighted by molar-refractivity contribution is -0.116. The predicted molar refractivity (Wildman–Crippen MR) is 106 cm³/mol. The molecule has 0 unspecified atom stereocenters. The SMILES string of the molecule is COC(=O)c1cccc(NC(=O)CCc2cc3cc(OC)ccc3[nH]c2=O)c1. The molecule has 3 aromatic rings. The topological polar surface area (TPSA) is 97.5 Å². The number of H-pyrrole nitrogens is 1. The molecule has 0 saturated carbocycles. The summed E-state index contributed by atoms with van der Waals surface area (Å²) in [6.45, 7) is 0. The Kier molecular flexibility index (Phi) is 5.74. The summed E-state index contributed by atoms with van der Waals surface area (Å²) in [5.41, 5.74) is 1.83. The van der Waals surface area contributed by atoms with Crippen LogP contribution in [-0.2, 0) is 16.0 Å². The van der Waals surface area contributed by atoms with Gasteiger partial charge in [0.05, 0.1) is 19.8 Å². The largest absolute Gasteiger partial charge is 0.497 e. The molecule has 3 rings (SSSR count). The van der Waals surface area contributed by atoms with Crippen LogP contribution >= 0.6 is 0 Å². The Balaban J connectivity index is 1.70. The normalized spacial score (nSPS) is 10.5. The van der Waals surface area contributed by atoms with Crippen molar-refractivity contribution in [2.24, 2.45) is 0 Å². The number of aromatic nitrogens is 1. The highest BCUT2D eigenvalue weighted by Crippen LogP contribution is 2.19. The number of rotatable bonds is 6.